The lowest BCUT2D eigenvalue weighted by molar-refractivity contribution is -0.153. The first-order chi connectivity index (χ1) is 20.6. The number of amides is 1. The van der Waals surface area contributed by atoms with Gasteiger partial charge in [-0.1, -0.05) is 12.7 Å². The van der Waals surface area contributed by atoms with Gasteiger partial charge in [0.1, 0.15) is 29.2 Å². The van der Waals surface area contributed by atoms with Crippen LogP contribution in [0.2, 0.25) is 0 Å². The number of aromatic nitrogens is 2. The summed E-state index contributed by atoms with van der Waals surface area (Å²) in [5.74, 6) is 0.336. The van der Waals surface area contributed by atoms with Crippen molar-refractivity contribution in [2.75, 3.05) is 57.8 Å². The zero-order valence-corrected chi connectivity index (χ0v) is 26.9. The summed E-state index contributed by atoms with van der Waals surface area (Å²) in [7, 11) is 1.82. The predicted octanol–water partition coefficient (Wildman–Crippen LogP) is 6.23. The number of halogens is 5. The minimum Gasteiger partial charge on any atom is -0.481 e. The molecule has 5 rings (SSSR count). The van der Waals surface area contributed by atoms with Gasteiger partial charge in [0.2, 0.25) is 0 Å². The summed E-state index contributed by atoms with van der Waals surface area (Å²) >= 11 is 3.37. The zero-order chi connectivity index (χ0) is 32.0. The number of carbonyl (C=O) groups excluding carboxylic acids is 1. The highest BCUT2D eigenvalue weighted by Gasteiger charge is 2.48. The molecule has 9 nitrogen and oxygen atoms in total. The summed E-state index contributed by atoms with van der Waals surface area (Å²) in [5, 5.41) is 0.466. The van der Waals surface area contributed by atoms with Gasteiger partial charge >= 0.3 is 18.3 Å². The molecule has 3 saturated heterocycles. The summed E-state index contributed by atoms with van der Waals surface area (Å²) in [6, 6.07) is 1.62. The van der Waals surface area contributed by atoms with E-state index in [4.69, 9.17) is 19.2 Å². The smallest absolute Gasteiger partial charge is 0.422 e. The molecule has 1 aromatic heterocycles. The van der Waals surface area contributed by atoms with Gasteiger partial charge in [-0.25, -0.2) is 9.18 Å². The van der Waals surface area contributed by atoms with Gasteiger partial charge in [-0.3, -0.25) is 0 Å². The van der Waals surface area contributed by atoms with Gasteiger partial charge in [-0.2, -0.15) is 23.1 Å². The van der Waals surface area contributed by atoms with Crippen LogP contribution in [-0.4, -0.2) is 103 Å². The van der Waals surface area contributed by atoms with E-state index in [0.29, 0.717) is 55.9 Å². The highest BCUT2D eigenvalue weighted by Crippen LogP contribution is 2.45. The van der Waals surface area contributed by atoms with E-state index in [9.17, 15) is 22.4 Å². The Kier molecular flexibility index (Phi) is 8.98. The standard InChI is InChI=1S/C30H38BrF4N5O4/c1-6-18-13-19-23(24(22(18)31)42-17-30(33,34)35)36-26(43-21-7-10-38(5)14-20(21)32)37-25(19)39-11-8-29(9-12-39)15-40(16-29)27(41)44-28(2,3)4/h6,13,20-21H,1,7-12,14-17H2,2-5H3. The predicted molar refractivity (Wildman–Crippen MR) is 162 cm³/mol. The third-order valence-corrected chi connectivity index (χ3v) is 9.06. The number of hydrogen-bond acceptors (Lipinski definition) is 8. The SMILES string of the molecule is C=Cc1cc2c(N3CCC4(CC3)CN(C(=O)OC(C)(C)C)C4)nc(OC3CCN(C)CC3F)nc2c(OCC(F)(F)F)c1Br. The molecule has 0 bridgehead atoms. The summed E-state index contributed by atoms with van der Waals surface area (Å²) in [5.41, 5.74) is -0.00114. The lowest BCUT2D eigenvalue weighted by Gasteiger charge is -2.53. The minimum absolute atomic E-state index is 0.0541. The molecule has 0 N–H and O–H groups in total. The van der Waals surface area contributed by atoms with E-state index in [1.165, 1.54) is 6.08 Å². The number of anilines is 1. The van der Waals surface area contributed by atoms with Gasteiger partial charge in [0.25, 0.3) is 0 Å². The average molecular weight is 689 g/mol. The fourth-order valence-corrected chi connectivity index (χ4v) is 6.54. The number of benzene rings is 1. The Morgan fingerprint density at radius 1 is 1.18 bits per heavy atom. The molecular formula is C30H38BrF4N5O4. The molecule has 1 amide bonds. The number of likely N-dealkylation sites (tertiary alicyclic amines) is 2. The van der Waals surface area contributed by atoms with E-state index < -0.39 is 30.7 Å². The molecule has 3 aliphatic heterocycles. The van der Waals surface area contributed by atoms with Gasteiger partial charge in [0.15, 0.2) is 12.4 Å². The second-order valence-electron chi connectivity index (χ2n) is 13.0. The maximum absolute atomic E-state index is 14.9. The molecule has 1 aromatic carbocycles. The zero-order valence-electron chi connectivity index (χ0n) is 25.3. The lowest BCUT2D eigenvalue weighted by Crippen LogP contribution is -2.62. The third kappa shape index (κ3) is 7.16. The maximum atomic E-state index is 14.9. The number of rotatable bonds is 6. The Hall–Kier alpha value is -2.87. The summed E-state index contributed by atoms with van der Waals surface area (Å²) in [6.45, 7) is 10.9. The molecule has 2 atom stereocenters. The first-order valence-corrected chi connectivity index (χ1v) is 15.4. The van der Waals surface area contributed by atoms with E-state index >= 15 is 0 Å². The van der Waals surface area contributed by atoms with E-state index in [0.717, 1.165) is 12.8 Å². The molecule has 3 aliphatic rings. The van der Waals surface area contributed by atoms with E-state index in [2.05, 4.69) is 27.5 Å². The number of fused-ring (bicyclic) bond motifs is 1. The topological polar surface area (TPSA) is 80.3 Å². The highest BCUT2D eigenvalue weighted by molar-refractivity contribution is 9.10. The Bertz CT molecular complexity index is 1400. The highest BCUT2D eigenvalue weighted by atomic mass is 79.9. The van der Waals surface area contributed by atoms with Crippen molar-refractivity contribution in [3.63, 3.8) is 0 Å². The van der Waals surface area contributed by atoms with Crippen molar-refractivity contribution in [1.82, 2.24) is 19.8 Å². The second-order valence-corrected chi connectivity index (χ2v) is 13.8. The van der Waals surface area contributed by atoms with Crippen molar-refractivity contribution in [2.24, 2.45) is 5.41 Å². The number of ether oxygens (including phenoxy) is 3. The molecule has 44 heavy (non-hydrogen) atoms. The van der Waals surface area contributed by atoms with E-state index in [1.54, 1.807) is 11.0 Å². The number of alkyl halides is 4. The van der Waals surface area contributed by atoms with Crippen molar-refractivity contribution in [2.45, 2.75) is 64.1 Å². The summed E-state index contributed by atoms with van der Waals surface area (Å²) in [6.07, 6.45) is -3.56. The van der Waals surface area contributed by atoms with Crippen LogP contribution in [0.3, 0.4) is 0 Å². The molecule has 14 heteroatoms. The summed E-state index contributed by atoms with van der Waals surface area (Å²) < 4.78 is 71.7. The minimum atomic E-state index is -4.59. The Morgan fingerprint density at radius 2 is 1.86 bits per heavy atom. The van der Waals surface area contributed by atoms with Crippen molar-refractivity contribution in [3.05, 3.63) is 22.7 Å². The van der Waals surface area contributed by atoms with Crippen LogP contribution < -0.4 is 14.4 Å². The van der Waals surface area contributed by atoms with Crippen LogP contribution in [0.1, 0.15) is 45.6 Å². The van der Waals surface area contributed by atoms with Crippen LogP contribution >= 0.6 is 15.9 Å². The van der Waals surface area contributed by atoms with Crippen molar-refractivity contribution >= 4 is 44.8 Å². The normalized spacial score (nSPS) is 22.6. The van der Waals surface area contributed by atoms with Gasteiger partial charge in [-0.05, 0) is 68.2 Å². The Morgan fingerprint density at radius 3 is 2.45 bits per heavy atom. The largest absolute Gasteiger partial charge is 0.481 e. The molecule has 0 saturated carbocycles. The van der Waals surface area contributed by atoms with Gasteiger partial charge < -0.3 is 28.9 Å². The number of piperidine rings is 2. The molecule has 3 fully saturated rings. The maximum Gasteiger partial charge on any atom is 0.422 e. The van der Waals surface area contributed by atoms with E-state index in [-0.39, 0.29) is 39.8 Å². The molecule has 242 valence electrons. The van der Waals surface area contributed by atoms with Crippen LogP contribution in [0.25, 0.3) is 17.0 Å². The number of hydrogen-bond donors (Lipinski definition) is 0. The average Bonchev–Trinajstić information content (AvgIpc) is 2.90. The van der Waals surface area contributed by atoms with Crippen molar-refractivity contribution < 1.29 is 36.6 Å². The van der Waals surface area contributed by atoms with E-state index in [1.807, 2.05) is 37.6 Å². The van der Waals surface area contributed by atoms with Crippen molar-refractivity contribution in [1.29, 1.82) is 0 Å². The fourth-order valence-electron chi connectivity index (χ4n) is 5.96. The molecule has 0 radical (unpaired) electrons. The fraction of sp³-hybridized carbons (Fsp3) is 0.633. The third-order valence-electron chi connectivity index (χ3n) is 8.24. The Labute approximate surface area is 262 Å². The molecular weight excluding hydrogens is 650 g/mol. The molecule has 2 aromatic rings. The lowest BCUT2D eigenvalue weighted by atomic mass is 9.72. The van der Waals surface area contributed by atoms with Gasteiger partial charge in [-0.15, -0.1) is 0 Å². The molecule has 2 unspecified atom stereocenters. The van der Waals surface area contributed by atoms with Crippen LogP contribution in [0, 0.1) is 5.41 Å². The quantitative estimate of drug-likeness (QED) is 0.331. The molecule has 4 heterocycles. The van der Waals surface area contributed by atoms with Crippen LogP contribution in [-0.2, 0) is 4.74 Å². The first-order valence-electron chi connectivity index (χ1n) is 14.6. The first kappa shape index (κ1) is 32.5. The van der Waals surface area contributed by atoms with Gasteiger partial charge in [0, 0.05) is 56.5 Å². The monoisotopic (exact) mass is 687 g/mol. The van der Waals surface area contributed by atoms with Gasteiger partial charge in [0.05, 0.1) is 4.47 Å². The number of nitrogens with zero attached hydrogens (tertiary/aromatic N) is 5. The summed E-state index contributed by atoms with van der Waals surface area (Å²) in [4.78, 5) is 27.3. The second kappa shape index (κ2) is 12.1. The van der Waals surface area contributed by atoms with Crippen LogP contribution in [0.15, 0.2) is 17.1 Å². The Balaban J connectivity index is 1.46. The van der Waals surface area contributed by atoms with Crippen molar-refractivity contribution in [3.8, 4) is 11.8 Å². The molecule has 0 aliphatic carbocycles. The van der Waals surface area contributed by atoms with Crippen LogP contribution in [0.4, 0.5) is 28.2 Å². The van der Waals surface area contributed by atoms with Crippen LogP contribution in [0.5, 0.6) is 11.8 Å². The molecule has 1 spiro atoms. The number of carbonyl (C=O) groups is 1.